The van der Waals surface area contributed by atoms with Crippen molar-refractivity contribution in [2.75, 3.05) is 26.4 Å². The topological polar surface area (TPSA) is 324 Å². The van der Waals surface area contributed by atoms with Gasteiger partial charge in [0.05, 0.1) is 25.9 Å². The van der Waals surface area contributed by atoms with Crippen LogP contribution in [0.25, 0.3) is 0 Å². The maximum atomic E-state index is 13.5. The summed E-state index contributed by atoms with van der Waals surface area (Å²) < 4.78 is 52.2. The molecule has 0 aromatic rings. The van der Waals surface area contributed by atoms with Gasteiger partial charge < -0.3 is 84.7 Å². The van der Waals surface area contributed by atoms with Crippen LogP contribution >= 0.6 is 7.82 Å². The molecule has 1 saturated carbocycles. The lowest BCUT2D eigenvalue weighted by atomic mass is 9.84. The number of hydrogen-bond donors (Lipinski definition) is 12. The van der Waals surface area contributed by atoms with Gasteiger partial charge in [-0.3, -0.25) is 9.05 Å². The Kier molecular flexibility index (Phi) is 24.1. The zero-order valence-electron chi connectivity index (χ0n) is 34.3. The second-order valence-electron chi connectivity index (χ2n) is 15.9. The number of phosphoric ester groups is 1. The molecule has 8 unspecified atom stereocenters. The summed E-state index contributed by atoms with van der Waals surface area (Å²) in [7, 11) is -5.28. The monoisotopic (exact) mass is 880 g/mol. The second kappa shape index (κ2) is 26.9. The van der Waals surface area contributed by atoms with Crippen molar-refractivity contribution >= 4 is 7.82 Å². The summed E-state index contributed by atoms with van der Waals surface area (Å²) in [4.78, 5) is 11.0. The molecular weight excluding hydrogens is 807 g/mol. The summed E-state index contributed by atoms with van der Waals surface area (Å²) in [5.74, 6) is 0. The number of hydrogen-bond acceptors (Lipinski definition) is 19. The van der Waals surface area contributed by atoms with Crippen LogP contribution in [0.15, 0.2) is 0 Å². The van der Waals surface area contributed by atoms with E-state index in [9.17, 15) is 65.6 Å². The first-order valence-corrected chi connectivity index (χ1v) is 22.8. The van der Waals surface area contributed by atoms with Gasteiger partial charge in [0.2, 0.25) is 0 Å². The van der Waals surface area contributed by atoms with E-state index < -0.39 is 132 Å². The maximum absolute atomic E-state index is 13.5. The molecule has 0 bridgehead atoms. The molecule has 3 aliphatic rings. The Morgan fingerprint density at radius 1 is 0.525 bits per heavy atom. The fourth-order valence-electron chi connectivity index (χ4n) is 7.46. The third-order valence-corrected chi connectivity index (χ3v) is 12.3. The van der Waals surface area contributed by atoms with E-state index >= 15 is 0 Å². The molecule has 0 aromatic carbocycles. The lowest BCUT2D eigenvalue weighted by Crippen LogP contribution is -2.69. The van der Waals surface area contributed by atoms with Crippen LogP contribution in [-0.2, 0) is 37.3 Å². The van der Waals surface area contributed by atoms with Crippen LogP contribution in [-0.4, -0.2) is 192 Å². The van der Waals surface area contributed by atoms with E-state index in [0.717, 1.165) is 25.7 Å². The van der Waals surface area contributed by atoms with Crippen LogP contribution in [0.1, 0.15) is 110 Å². The minimum absolute atomic E-state index is 0.361. The molecule has 3 fully saturated rings. The van der Waals surface area contributed by atoms with E-state index in [-0.39, 0.29) is 0 Å². The molecule has 2 heterocycles. The number of aliphatic hydroxyl groups excluding tert-OH is 11. The van der Waals surface area contributed by atoms with Crippen molar-refractivity contribution in [2.24, 2.45) is 0 Å². The lowest BCUT2D eigenvalue weighted by molar-refractivity contribution is -0.360. The van der Waals surface area contributed by atoms with Crippen molar-refractivity contribution in [1.29, 1.82) is 0 Å². The van der Waals surface area contributed by atoms with E-state index in [2.05, 4.69) is 6.92 Å². The minimum Gasteiger partial charge on any atom is -0.394 e. The largest absolute Gasteiger partial charge is 0.472 e. The zero-order valence-corrected chi connectivity index (χ0v) is 35.2. The van der Waals surface area contributed by atoms with Crippen molar-refractivity contribution in [1.82, 2.24) is 0 Å². The van der Waals surface area contributed by atoms with Crippen LogP contribution in [0.5, 0.6) is 0 Å². The zero-order chi connectivity index (χ0) is 43.7. The first kappa shape index (κ1) is 52.8. The predicted molar refractivity (Wildman–Crippen MR) is 206 cm³/mol. The van der Waals surface area contributed by atoms with Crippen molar-refractivity contribution in [3.8, 4) is 0 Å². The van der Waals surface area contributed by atoms with E-state index in [4.69, 9.17) is 32.7 Å². The van der Waals surface area contributed by atoms with Crippen LogP contribution < -0.4 is 0 Å². The molecule has 2 saturated heterocycles. The Labute approximate surface area is 346 Å². The Hall–Kier alpha value is -0.530. The normalized spacial score (nSPS) is 38.3. The molecule has 2 aliphatic heterocycles. The highest BCUT2D eigenvalue weighted by molar-refractivity contribution is 7.47. The van der Waals surface area contributed by atoms with Crippen LogP contribution in [0, 0.1) is 0 Å². The molecule has 0 aromatic heterocycles. The fraction of sp³-hybridized carbons (Fsp3) is 1.00. The average Bonchev–Trinajstić information content (AvgIpc) is 3.22. The Morgan fingerprint density at radius 3 is 1.31 bits per heavy atom. The van der Waals surface area contributed by atoms with Gasteiger partial charge in [-0.1, -0.05) is 97.3 Å². The van der Waals surface area contributed by atoms with Gasteiger partial charge in [-0.25, -0.2) is 4.57 Å². The highest BCUT2D eigenvalue weighted by Crippen LogP contribution is 2.48. The smallest absolute Gasteiger partial charge is 0.394 e. The summed E-state index contributed by atoms with van der Waals surface area (Å²) in [6, 6.07) is 0. The molecule has 0 spiro atoms. The highest BCUT2D eigenvalue weighted by atomic mass is 31.2. The standard InChI is InChI=1S/C38H73O20P/c1-3-5-6-7-8-9-10-11-12-13-14-15-16-17-18-52-22(4-2)21-53-59(50,51)58-36-34(56-37-32(48)27(43)25(41)23(19-39)54-37)30(46)29(45)31(47)35(36)57-38-33(49)28(44)26(42)24(20-40)55-38/h22-49H,3-21H2,1-2H3,(H,50,51)/t22-,23?,24?,25-,26-,27+,28?,29-,30?,31+,32?,33-,34?,35?,36-,37+,38-/m1/s1. The van der Waals surface area contributed by atoms with Crippen LogP contribution in [0.3, 0.4) is 0 Å². The molecule has 350 valence electrons. The fourth-order valence-corrected chi connectivity index (χ4v) is 8.43. The molecule has 3 rings (SSSR count). The van der Waals surface area contributed by atoms with Crippen LogP contribution in [0.2, 0.25) is 0 Å². The summed E-state index contributed by atoms with van der Waals surface area (Å²) in [6.45, 7) is 2.15. The van der Waals surface area contributed by atoms with Gasteiger partial charge in [-0.2, -0.15) is 0 Å². The van der Waals surface area contributed by atoms with E-state index in [1.165, 1.54) is 64.2 Å². The van der Waals surface area contributed by atoms with Gasteiger partial charge in [-0.05, 0) is 12.8 Å². The first-order chi connectivity index (χ1) is 28.1. The molecule has 12 N–H and O–H groups in total. The molecule has 59 heavy (non-hydrogen) atoms. The first-order valence-electron chi connectivity index (χ1n) is 21.4. The summed E-state index contributed by atoms with van der Waals surface area (Å²) in [5, 5.41) is 115. The van der Waals surface area contributed by atoms with Gasteiger partial charge in [0.1, 0.15) is 85.5 Å². The van der Waals surface area contributed by atoms with E-state index in [1.54, 1.807) is 6.92 Å². The summed E-state index contributed by atoms with van der Waals surface area (Å²) in [6.07, 6.45) is -15.3. The lowest BCUT2D eigenvalue weighted by Gasteiger charge is -2.49. The number of phosphoric acid groups is 1. The SMILES string of the molecule is CCCCCCCCCCCCCCCCO[C@H](CC)COP(=O)(O)O[C@@H]1C(O[C@@H]2OC(CO)[C@@H](O)[C@H](O)C2O)C(O)[C@@H](O)[C@H](O)C1O[C@H]1OC(CO)[C@@H](O)C(O)[C@H]1O. The molecular formula is C38H73O20P. The molecule has 21 heteroatoms. The summed E-state index contributed by atoms with van der Waals surface area (Å²) >= 11 is 0. The van der Waals surface area contributed by atoms with Gasteiger partial charge in [-0.15, -0.1) is 0 Å². The number of rotatable bonds is 28. The van der Waals surface area contributed by atoms with Crippen molar-refractivity contribution < 1.29 is 98.4 Å². The third-order valence-electron chi connectivity index (χ3n) is 11.3. The van der Waals surface area contributed by atoms with Gasteiger partial charge >= 0.3 is 7.82 Å². The van der Waals surface area contributed by atoms with E-state index in [1.807, 2.05) is 0 Å². The molecule has 1 aliphatic carbocycles. The number of aliphatic hydroxyl groups is 11. The molecule has 0 amide bonds. The second-order valence-corrected chi connectivity index (χ2v) is 17.3. The maximum Gasteiger partial charge on any atom is 0.472 e. The Balaban J connectivity index is 1.63. The quantitative estimate of drug-likeness (QED) is 0.0339. The number of ether oxygens (including phenoxy) is 5. The summed E-state index contributed by atoms with van der Waals surface area (Å²) in [5.41, 5.74) is 0. The minimum atomic E-state index is -5.28. The third kappa shape index (κ3) is 15.9. The van der Waals surface area contributed by atoms with Crippen molar-refractivity contribution in [3.05, 3.63) is 0 Å². The Morgan fingerprint density at radius 2 is 0.915 bits per heavy atom. The molecule has 0 radical (unpaired) electrons. The number of unbranched alkanes of at least 4 members (excludes halogenated alkanes) is 13. The van der Waals surface area contributed by atoms with Crippen molar-refractivity contribution in [3.63, 3.8) is 0 Å². The predicted octanol–water partition coefficient (Wildman–Crippen LogP) is -0.768. The Bertz CT molecular complexity index is 1120. The van der Waals surface area contributed by atoms with Gasteiger partial charge in [0.25, 0.3) is 0 Å². The van der Waals surface area contributed by atoms with Gasteiger partial charge in [0, 0.05) is 6.61 Å². The van der Waals surface area contributed by atoms with E-state index in [0.29, 0.717) is 13.0 Å². The van der Waals surface area contributed by atoms with Crippen molar-refractivity contribution in [2.45, 2.75) is 214 Å². The molecule has 20 nitrogen and oxygen atoms in total. The van der Waals surface area contributed by atoms with Crippen LogP contribution in [0.4, 0.5) is 0 Å². The molecule has 18 atom stereocenters. The highest BCUT2D eigenvalue weighted by Gasteiger charge is 2.58. The average molecular weight is 881 g/mol. The van der Waals surface area contributed by atoms with Gasteiger partial charge in [0.15, 0.2) is 12.6 Å².